The van der Waals surface area contributed by atoms with Crippen molar-refractivity contribution >= 4 is 16.9 Å². The zero-order valence-electron chi connectivity index (χ0n) is 22.2. The summed E-state index contributed by atoms with van der Waals surface area (Å²) in [5, 5.41) is 9.46. The molecule has 8 nitrogen and oxygen atoms in total. The van der Waals surface area contributed by atoms with Gasteiger partial charge in [0.25, 0.3) is 0 Å². The standard InChI is InChI=1S/C28H35FN6O2/c1-6-18(4)25-17-34(15-19-9-11-22(37-8-3)13-23(19)29)21(7-2)16-35(25)27-26-24(33(5)28(36)32-27)12-10-20(14-30)31-26/h9-13,18,21,25H,6-8,15-17H2,1-5H3/t18?,21-,25?/m1/s1. The van der Waals surface area contributed by atoms with Crippen molar-refractivity contribution in [1.82, 2.24) is 19.4 Å². The van der Waals surface area contributed by atoms with E-state index in [4.69, 9.17) is 4.74 Å². The smallest absolute Gasteiger partial charge is 0.349 e. The highest BCUT2D eigenvalue weighted by Crippen LogP contribution is 2.32. The molecule has 1 aliphatic rings. The van der Waals surface area contributed by atoms with Crippen LogP contribution in [0.15, 0.2) is 35.1 Å². The van der Waals surface area contributed by atoms with Crippen molar-refractivity contribution in [2.24, 2.45) is 13.0 Å². The van der Waals surface area contributed by atoms with Gasteiger partial charge in [0.05, 0.1) is 12.1 Å². The van der Waals surface area contributed by atoms with Crippen LogP contribution in [0.4, 0.5) is 10.2 Å². The number of fused-ring (bicyclic) bond motifs is 1. The zero-order chi connectivity index (χ0) is 26.7. The van der Waals surface area contributed by atoms with Crippen LogP contribution in [0.5, 0.6) is 5.75 Å². The number of halogens is 1. The number of ether oxygens (including phenoxy) is 1. The Morgan fingerprint density at radius 1 is 1.19 bits per heavy atom. The third-order valence-corrected chi connectivity index (χ3v) is 7.55. The number of nitriles is 1. The van der Waals surface area contributed by atoms with Crippen LogP contribution in [0, 0.1) is 23.1 Å². The summed E-state index contributed by atoms with van der Waals surface area (Å²) < 4.78 is 21.9. The van der Waals surface area contributed by atoms with Crippen molar-refractivity contribution in [3.05, 3.63) is 57.9 Å². The molecule has 3 aromatic rings. The molecule has 0 amide bonds. The molecule has 4 rings (SSSR count). The van der Waals surface area contributed by atoms with Crippen molar-refractivity contribution in [3.8, 4) is 11.8 Å². The van der Waals surface area contributed by atoms with Gasteiger partial charge < -0.3 is 9.64 Å². The summed E-state index contributed by atoms with van der Waals surface area (Å²) in [6.45, 7) is 10.6. The maximum atomic E-state index is 15.0. The van der Waals surface area contributed by atoms with Gasteiger partial charge >= 0.3 is 5.69 Å². The molecule has 0 saturated carbocycles. The van der Waals surface area contributed by atoms with E-state index in [9.17, 15) is 14.4 Å². The highest BCUT2D eigenvalue weighted by Gasteiger charge is 2.37. The van der Waals surface area contributed by atoms with Gasteiger partial charge in [-0.1, -0.05) is 33.3 Å². The maximum Gasteiger partial charge on any atom is 0.349 e. The van der Waals surface area contributed by atoms with Crippen LogP contribution in [0.1, 0.15) is 51.8 Å². The lowest BCUT2D eigenvalue weighted by Crippen LogP contribution is -2.60. The lowest BCUT2D eigenvalue weighted by atomic mass is 9.92. The topological polar surface area (TPSA) is 87.3 Å². The van der Waals surface area contributed by atoms with Gasteiger partial charge in [-0.2, -0.15) is 10.2 Å². The summed E-state index contributed by atoms with van der Waals surface area (Å²) in [4.78, 5) is 26.4. The first-order valence-electron chi connectivity index (χ1n) is 13.0. The third kappa shape index (κ3) is 5.30. The van der Waals surface area contributed by atoms with Gasteiger partial charge in [-0.15, -0.1) is 0 Å². The summed E-state index contributed by atoms with van der Waals surface area (Å²) in [6, 6.07) is 10.7. The van der Waals surface area contributed by atoms with Crippen LogP contribution in [0.25, 0.3) is 11.0 Å². The number of nitrogens with zero attached hydrogens (tertiary/aromatic N) is 6. The molecule has 9 heteroatoms. The van der Waals surface area contributed by atoms with Crippen LogP contribution in [-0.4, -0.2) is 51.2 Å². The Hall–Kier alpha value is -3.51. The van der Waals surface area contributed by atoms with E-state index >= 15 is 0 Å². The molecule has 1 aliphatic heterocycles. The molecule has 1 aromatic carbocycles. The number of hydrogen-bond donors (Lipinski definition) is 0. The molecule has 1 fully saturated rings. The van der Waals surface area contributed by atoms with Gasteiger partial charge in [0.15, 0.2) is 5.82 Å². The first-order valence-corrected chi connectivity index (χ1v) is 13.0. The fraction of sp³-hybridized carbons (Fsp3) is 0.500. The van der Waals surface area contributed by atoms with Crippen molar-refractivity contribution in [3.63, 3.8) is 0 Å². The number of benzene rings is 1. The molecule has 196 valence electrons. The Kier molecular flexibility index (Phi) is 8.08. The monoisotopic (exact) mass is 506 g/mol. The SMILES string of the molecule is CCOc1ccc(CN2CC(C(C)CC)N(c3nc(=O)n(C)c4ccc(C#N)nc34)C[C@H]2CC)c(F)c1. The molecule has 0 N–H and O–H groups in total. The van der Waals surface area contributed by atoms with E-state index in [2.05, 4.69) is 46.6 Å². The Bertz CT molecular complexity index is 1370. The Morgan fingerprint density at radius 2 is 1.97 bits per heavy atom. The number of piperazine rings is 1. The Balaban J connectivity index is 1.74. The van der Waals surface area contributed by atoms with Crippen molar-refractivity contribution < 1.29 is 9.13 Å². The highest BCUT2D eigenvalue weighted by atomic mass is 19.1. The van der Waals surface area contributed by atoms with E-state index in [-0.39, 0.29) is 35.2 Å². The van der Waals surface area contributed by atoms with Crippen molar-refractivity contribution in [2.75, 3.05) is 24.6 Å². The number of rotatable bonds is 8. The van der Waals surface area contributed by atoms with E-state index in [1.165, 1.54) is 10.6 Å². The van der Waals surface area contributed by atoms with E-state index in [1.807, 2.05) is 13.0 Å². The average Bonchev–Trinajstić information content (AvgIpc) is 2.91. The van der Waals surface area contributed by atoms with E-state index in [0.29, 0.717) is 54.4 Å². The van der Waals surface area contributed by atoms with Gasteiger partial charge in [-0.3, -0.25) is 9.47 Å². The quantitative estimate of drug-likeness (QED) is 0.451. The average molecular weight is 507 g/mol. The molecular weight excluding hydrogens is 471 g/mol. The van der Waals surface area contributed by atoms with Gasteiger partial charge in [0.1, 0.15) is 28.8 Å². The van der Waals surface area contributed by atoms with Crippen LogP contribution in [0.3, 0.4) is 0 Å². The molecule has 0 bridgehead atoms. The molecule has 0 spiro atoms. The fourth-order valence-electron chi connectivity index (χ4n) is 5.15. The second-order valence-corrected chi connectivity index (χ2v) is 9.74. The van der Waals surface area contributed by atoms with E-state index in [0.717, 1.165) is 12.8 Å². The predicted molar refractivity (Wildman–Crippen MR) is 142 cm³/mol. The molecule has 2 unspecified atom stereocenters. The molecular formula is C28H35FN6O2. The van der Waals surface area contributed by atoms with Crippen LogP contribution < -0.4 is 15.3 Å². The van der Waals surface area contributed by atoms with Crippen molar-refractivity contribution in [2.45, 2.75) is 59.2 Å². The minimum absolute atomic E-state index is 0.0360. The Labute approximate surface area is 217 Å². The summed E-state index contributed by atoms with van der Waals surface area (Å²) in [6.07, 6.45) is 1.78. The first kappa shape index (κ1) is 26.6. The summed E-state index contributed by atoms with van der Waals surface area (Å²) in [7, 11) is 1.67. The van der Waals surface area contributed by atoms with Gasteiger partial charge in [0.2, 0.25) is 0 Å². The number of anilines is 1. The molecule has 1 saturated heterocycles. The fourth-order valence-corrected chi connectivity index (χ4v) is 5.15. The third-order valence-electron chi connectivity index (χ3n) is 7.55. The largest absolute Gasteiger partial charge is 0.494 e. The van der Waals surface area contributed by atoms with E-state index in [1.54, 1.807) is 25.2 Å². The number of aromatic nitrogens is 3. The summed E-state index contributed by atoms with van der Waals surface area (Å²) in [5.74, 6) is 1.07. The minimum Gasteiger partial charge on any atom is -0.494 e. The van der Waals surface area contributed by atoms with Gasteiger partial charge in [-0.25, -0.2) is 14.2 Å². The first-order chi connectivity index (χ1) is 17.8. The molecule has 0 radical (unpaired) electrons. The van der Waals surface area contributed by atoms with Crippen LogP contribution in [0.2, 0.25) is 0 Å². The lowest BCUT2D eigenvalue weighted by molar-refractivity contribution is 0.118. The zero-order valence-corrected chi connectivity index (χ0v) is 22.2. The normalized spacial score (nSPS) is 19.1. The minimum atomic E-state index is -0.358. The molecule has 0 aliphatic carbocycles. The summed E-state index contributed by atoms with van der Waals surface area (Å²) in [5.41, 5.74) is 1.75. The number of pyridine rings is 1. The van der Waals surface area contributed by atoms with Crippen LogP contribution in [-0.2, 0) is 13.6 Å². The molecule has 3 atom stereocenters. The second-order valence-electron chi connectivity index (χ2n) is 9.74. The van der Waals surface area contributed by atoms with Crippen molar-refractivity contribution in [1.29, 1.82) is 5.26 Å². The molecule has 2 aromatic heterocycles. The number of hydrogen-bond acceptors (Lipinski definition) is 7. The molecule has 37 heavy (non-hydrogen) atoms. The maximum absolute atomic E-state index is 15.0. The van der Waals surface area contributed by atoms with E-state index < -0.39 is 0 Å². The Morgan fingerprint density at radius 3 is 2.62 bits per heavy atom. The highest BCUT2D eigenvalue weighted by molar-refractivity contribution is 5.86. The molecule has 3 heterocycles. The second kappa shape index (κ2) is 11.3. The lowest BCUT2D eigenvalue weighted by Gasteiger charge is -2.49. The van der Waals surface area contributed by atoms with Gasteiger partial charge in [-0.05, 0) is 37.5 Å². The number of aryl methyl sites for hydroxylation is 1. The predicted octanol–water partition coefficient (Wildman–Crippen LogP) is 4.25. The summed E-state index contributed by atoms with van der Waals surface area (Å²) >= 11 is 0. The van der Waals surface area contributed by atoms with Gasteiger partial charge in [0, 0.05) is 50.4 Å². The van der Waals surface area contributed by atoms with Crippen LogP contribution >= 0.6 is 0 Å².